The maximum Gasteiger partial charge on any atom is 0.232 e. The van der Waals surface area contributed by atoms with Crippen molar-refractivity contribution in [1.82, 2.24) is 0 Å². The number of unbranched alkanes of at least 4 members (excludes halogenated alkanes) is 1. The average molecular weight is 308 g/mol. The summed E-state index contributed by atoms with van der Waals surface area (Å²) in [5, 5.41) is 8.57. The van der Waals surface area contributed by atoms with Crippen molar-refractivity contribution in [2.75, 3.05) is 17.1 Å². The SMILES string of the molecule is O=S(=O)(CCCCO)Nc1cccc(Br)c1. The zero-order valence-electron chi connectivity index (χ0n) is 8.69. The molecule has 0 spiro atoms. The van der Waals surface area contributed by atoms with Crippen molar-refractivity contribution >= 4 is 31.6 Å². The highest BCUT2D eigenvalue weighted by molar-refractivity contribution is 9.10. The molecular weight excluding hydrogens is 294 g/mol. The largest absolute Gasteiger partial charge is 0.396 e. The van der Waals surface area contributed by atoms with Gasteiger partial charge in [0, 0.05) is 16.8 Å². The first-order valence-corrected chi connectivity index (χ1v) is 7.35. The lowest BCUT2D eigenvalue weighted by molar-refractivity contribution is 0.287. The normalized spacial score (nSPS) is 11.4. The van der Waals surface area contributed by atoms with E-state index in [-0.39, 0.29) is 12.4 Å². The molecule has 0 aliphatic rings. The third kappa shape index (κ3) is 4.96. The van der Waals surface area contributed by atoms with Gasteiger partial charge in [0.25, 0.3) is 0 Å². The van der Waals surface area contributed by atoms with E-state index in [0.717, 1.165) is 4.47 Å². The standard InChI is InChI=1S/C10H14BrNO3S/c11-9-4-3-5-10(8-9)12-16(14,15)7-2-1-6-13/h3-5,8,12-13H,1-2,6-7H2. The Morgan fingerprint density at radius 3 is 2.69 bits per heavy atom. The zero-order valence-corrected chi connectivity index (χ0v) is 11.1. The molecule has 4 nitrogen and oxygen atoms in total. The fraction of sp³-hybridized carbons (Fsp3) is 0.400. The van der Waals surface area contributed by atoms with Gasteiger partial charge < -0.3 is 5.11 Å². The second kappa shape index (κ2) is 6.22. The molecular formula is C10H14BrNO3S. The van der Waals surface area contributed by atoms with Crippen LogP contribution in [-0.4, -0.2) is 25.9 Å². The van der Waals surface area contributed by atoms with E-state index in [2.05, 4.69) is 20.7 Å². The molecule has 1 aromatic carbocycles. The Balaban J connectivity index is 2.59. The van der Waals surface area contributed by atoms with Crippen molar-refractivity contribution in [3.63, 3.8) is 0 Å². The first-order chi connectivity index (χ1) is 7.53. The minimum Gasteiger partial charge on any atom is -0.396 e. The van der Waals surface area contributed by atoms with Gasteiger partial charge in [-0.2, -0.15) is 0 Å². The van der Waals surface area contributed by atoms with E-state index in [1.165, 1.54) is 0 Å². The van der Waals surface area contributed by atoms with Gasteiger partial charge in [-0.05, 0) is 31.0 Å². The van der Waals surface area contributed by atoms with E-state index in [9.17, 15) is 8.42 Å². The van der Waals surface area contributed by atoms with Crippen LogP contribution in [0.15, 0.2) is 28.7 Å². The van der Waals surface area contributed by atoms with Crippen LogP contribution >= 0.6 is 15.9 Å². The minimum absolute atomic E-state index is 0.0202. The fourth-order valence-corrected chi connectivity index (χ4v) is 2.76. The number of aliphatic hydroxyl groups excluding tert-OH is 1. The van der Waals surface area contributed by atoms with E-state index in [0.29, 0.717) is 18.5 Å². The molecule has 0 amide bonds. The van der Waals surface area contributed by atoms with E-state index in [4.69, 9.17) is 5.11 Å². The van der Waals surface area contributed by atoms with Crippen LogP contribution in [0.4, 0.5) is 5.69 Å². The van der Waals surface area contributed by atoms with Crippen LogP contribution in [0.2, 0.25) is 0 Å². The highest BCUT2D eigenvalue weighted by Crippen LogP contribution is 2.17. The van der Waals surface area contributed by atoms with Crippen molar-refractivity contribution in [2.45, 2.75) is 12.8 Å². The highest BCUT2D eigenvalue weighted by Gasteiger charge is 2.09. The minimum atomic E-state index is -3.31. The van der Waals surface area contributed by atoms with Gasteiger partial charge in [0.15, 0.2) is 0 Å². The lowest BCUT2D eigenvalue weighted by Crippen LogP contribution is -2.16. The molecule has 1 rings (SSSR count). The number of benzene rings is 1. The summed E-state index contributed by atoms with van der Waals surface area (Å²) in [5.41, 5.74) is 0.540. The molecule has 0 aliphatic heterocycles. The monoisotopic (exact) mass is 307 g/mol. The van der Waals surface area contributed by atoms with Gasteiger partial charge >= 0.3 is 0 Å². The Morgan fingerprint density at radius 1 is 1.31 bits per heavy atom. The number of hydrogen-bond acceptors (Lipinski definition) is 3. The number of sulfonamides is 1. The molecule has 0 radical (unpaired) electrons. The number of hydrogen-bond donors (Lipinski definition) is 2. The quantitative estimate of drug-likeness (QED) is 0.790. The Kier molecular flexibility index (Phi) is 5.24. The van der Waals surface area contributed by atoms with Crippen molar-refractivity contribution in [3.05, 3.63) is 28.7 Å². The third-order valence-corrected chi connectivity index (χ3v) is 3.79. The van der Waals surface area contributed by atoms with Crippen molar-refractivity contribution < 1.29 is 13.5 Å². The van der Waals surface area contributed by atoms with Gasteiger partial charge in [0.05, 0.1) is 5.75 Å². The molecule has 0 aliphatic carbocycles. The van der Waals surface area contributed by atoms with E-state index >= 15 is 0 Å². The molecule has 0 saturated carbocycles. The molecule has 2 N–H and O–H groups in total. The third-order valence-electron chi connectivity index (χ3n) is 1.92. The Hall–Kier alpha value is -0.590. The summed E-state index contributed by atoms with van der Waals surface area (Å²) in [6.07, 6.45) is 0.958. The second-order valence-corrected chi connectivity index (χ2v) is 6.12. The first-order valence-electron chi connectivity index (χ1n) is 4.90. The summed E-state index contributed by atoms with van der Waals surface area (Å²) in [5.74, 6) is 0.0279. The summed E-state index contributed by atoms with van der Waals surface area (Å²) >= 11 is 3.27. The van der Waals surface area contributed by atoms with Crippen LogP contribution in [0.3, 0.4) is 0 Å². The molecule has 0 aromatic heterocycles. The van der Waals surface area contributed by atoms with Gasteiger partial charge in [0.1, 0.15) is 0 Å². The van der Waals surface area contributed by atoms with Gasteiger partial charge in [-0.25, -0.2) is 8.42 Å². The number of halogens is 1. The molecule has 1 aromatic rings. The number of rotatable bonds is 6. The maximum absolute atomic E-state index is 11.6. The smallest absolute Gasteiger partial charge is 0.232 e. The van der Waals surface area contributed by atoms with E-state index in [1.54, 1.807) is 18.2 Å². The van der Waals surface area contributed by atoms with Crippen molar-refractivity contribution in [3.8, 4) is 0 Å². The van der Waals surface area contributed by atoms with Gasteiger partial charge in [-0.15, -0.1) is 0 Å². The Labute approximate surface area is 104 Å². The van der Waals surface area contributed by atoms with Crippen LogP contribution in [0.25, 0.3) is 0 Å². The lowest BCUT2D eigenvalue weighted by Gasteiger charge is -2.07. The highest BCUT2D eigenvalue weighted by atomic mass is 79.9. The molecule has 16 heavy (non-hydrogen) atoms. The zero-order chi connectivity index (χ0) is 12.0. The Morgan fingerprint density at radius 2 is 2.06 bits per heavy atom. The predicted molar refractivity (Wildman–Crippen MR) is 67.9 cm³/mol. The summed E-state index contributed by atoms with van der Waals surface area (Å²) < 4.78 is 26.5. The molecule has 90 valence electrons. The van der Waals surface area contributed by atoms with Crippen molar-refractivity contribution in [2.24, 2.45) is 0 Å². The molecule has 0 fully saturated rings. The topological polar surface area (TPSA) is 66.4 Å². The second-order valence-electron chi connectivity index (χ2n) is 3.36. The van der Waals surface area contributed by atoms with Crippen LogP contribution in [0, 0.1) is 0 Å². The summed E-state index contributed by atoms with van der Waals surface area (Å²) in [6.45, 7) is 0.0202. The van der Waals surface area contributed by atoms with E-state index in [1.807, 2.05) is 6.07 Å². The number of nitrogens with one attached hydrogen (secondary N) is 1. The van der Waals surface area contributed by atoms with Crippen LogP contribution in [-0.2, 0) is 10.0 Å². The molecule has 0 atom stereocenters. The van der Waals surface area contributed by atoms with E-state index < -0.39 is 10.0 Å². The fourth-order valence-electron chi connectivity index (χ4n) is 1.19. The predicted octanol–water partition coefficient (Wildman–Crippen LogP) is 1.96. The summed E-state index contributed by atoms with van der Waals surface area (Å²) in [6, 6.07) is 6.97. The summed E-state index contributed by atoms with van der Waals surface area (Å²) in [7, 11) is -3.31. The first kappa shape index (κ1) is 13.5. The molecule has 0 bridgehead atoms. The van der Waals surface area contributed by atoms with Crippen molar-refractivity contribution in [1.29, 1.82) is 0 Å². The molecule has 6 heteroatoms. The summed E-state index contributed by atoms with van der Waals surface area (Å²) in [4.78, 5) is 0. The maximum atomic E-state index is 11.6. The molecule has 0 heterocycles. The number of aliphatic hydroxyl groups is 1. The van der Waals surface area contributed by atoms with Gasteiger partial charge in [-0.1, -0.05) is 22.0 Å². The van der Waals surface area contributed by atoms with Gasteiger partial charge in [-0.3, -0.25) is 4.72 Å². The molecule has 0 saturated heterocycles. The lowest BCUT2D eigenvalue weighted by atomic mass is 10.3. The molecule has 0 unspecified atom stereocenters. The van der Waals surface area contributed by atoms with Crippen LogP contribution < -0.4 is 4.72 Å². The average Bonchev–Trinajstić information content (AvgIpc) is 2.17. The Bertz CT molecular complexity index is 433. The van der Waals surface area contributed by atoms with Crippen LogP contribution in [0.5, 0.6) is 0 Å². The van der Waals surface area contributed by atoms with Gasteiger partial charge in [0.2, 0.25) is 10.0 Å². The number of anilines is 1. The van der Waals surface area contributed by atoms with Crippen LogP contribution in [0.1, 0.15) is 12.8 Å².